The molecule has 5 nitrogen and oxygen atoms in total. The van der Waals surface area contributed by atoms with Gasteiger partial charge in [0.05, 0.1) is 28.8 Å². The third-order valence-electron chi connectivity index (χ3n) is 5.20. The van der Waals surface area contributed by atoms with Crippen molar-refractivity contribution in [1.82, 2.24) is 0 Å². The van der Waals surface area contributed by atoms with Crippen molar-refractivity contribution >= 4 is 51.9 Å². The zero-order valence-corrected chi connectivity index (χ0v) is 20.6. The molecule has 1 heterocycles. The predicted molar refractivity (Wildman–Crippen MR) is 136 cm³/mol. The topological polar surface area (TPSA) is 55.8 Å². The molecular formula is C26H18F3NO4S2. The van der Waals surface area contributed by atoms with Crippen molar-refractivity contribution in [2.75, 3.05) is 12.0 Å². The summed E-state index contributed by atoms with van der Waals surface area (Å²) in [5.41, 5.74) is 1.09. The zero-order valence-electron chi connectivity index (χ0n) is 19.0. The summed E-state index contributed by atoms with van der Waals surface area (Å²) < 4.78 is 50.3. The van der Waals surface area contributed by atoms with E-state index in [1.807, 2.05) is 6.92 Å². The van der Waals surface area contributed by atoms with Crippen molar-refractivity contribution < 1.29 is 32.2 Å². The lowest BCUT2D eigenvalue weighted by atomic mass is 10.1. The molecule has 0 radical (unpaired) electrons. The number of aryl methyl sites for hydroxylation is 1. The quantitative estimate of drug-likeness (QED) is 0.160. The summed E-state index contributed by atoms with van der Waals surface area (Å²) in [6.45, 7) is 1.91. The first kappa shape index (κ1) is 25.5. The average Bonchev–Trinajstić information content (AvgIpc) is 3.12. The zero-order chi connectivity index (χ0) is 26.0. The van der Waals surface area contributed by atoms with Crippen molar-refractivity contribution in [2.45, 2.75) is 13.1 Å². The van der Waals surface area contributed by atoms with Crippen LogP contribution in [0.4, 0.5) is 18.9 Å². The first-order valence-electron chi connectivity index (χ1n) is 10.5. The number of esters is 1. The minimum Gasteiger partial charge on any atom is -0.493 e. The van der Waals surface area contributed by atoms with E-state index in [0.717, 1.165) is 34.4 Å². The molecule has 4 rings (SSSR count). The molecule has 1 aliphatic heterocycles. The second kappa shape index (κ2) is 10.2. The third kappa shape index (κ3) is 5.44. The molecule has 10 heteroatoms. The van der Waals surface area contributed by atoms with Gasteiger partial charge >= 0.3 is 12.1 Å². The molecule has 0 atom stereocenters. The molecule has 1 amide bonds. The highest BCUT2D eigenvalue weighted by Gasteiger charge is 2.36. The molecule has 1 aliphatic rings. The van der Waals surface area contributed by atoms with Gasteiger partial charge in [0.15, 0.2) is 15.8 Å². The highest BCUT2D eigenvalue weighted by atomic mass is 32.2. The number of alkyl halides is 3. The van der Waals surface area contributed by atoms with Gasteiger partial charge < -0.3 is 9.47 Å². The molecule has 0 saturated carbocycles. The Morgan fingerprint density at radius 1 is 1.03 bits per heavy atom. The number of ether oxygens (including phenoxy) is 2. The number of benzene rings is 3. The van der Waals surface area contributed by atoms with Crippen LogP contribution in [0.25, 0.3) is 6.08 Å². The molecule has 0 aromatic heterocycles. The molecule has 184 valence electrons. The standard InChI is InChI=1S/C26H18F3NO4S2/c1-15-6-9-17(10-7-15)24(32)34-20-11-8-16(12-21(20)33-2)13-22-23(31)30(25(35)36-22)19-5-3-4-18(14-19)26(27,28)29/h3-14H,1-2H3/b22-13+. The Labute approximate surface area is 214 Å². The highest BCUT2D eigenvalue weighted by molar-refractivity contribution is 8.27. The minimum absolute atomic E-state index is 0.0340. The van der Waals surface area contributed by atoms with Gasteiger partial charge in [-0.05, 0) is 61.0 Å². The first-order chi connectivity index (χ1) is 17.1. The molecule has 1 saturated heterocycles. The summed E-state index contributed by atoms with van der Waals surface area (Å²) >= 11 is 6.24. The highest BCUT2D eigenvalue weighted by Crippen LogP contribution is 2.39. The van der Waals surface area contributed by atoms with Gasteiger partial charge in [0.1, 0.15) is 0 Å². The maximum atomic E-state index is 13.1. The number of thiocarbonyl (C=S) groups is 1. The number of rotatable bonds is 5. The van der Waals surface area contributed by atoms with Crippen LogP contribution in [0.2, 0.25) is 0 Å². The number of hydrogen-bond acceptors (Lipinski definition) is 6. The van der Waals surface area contributed by atoms with E-state index in [4.69, 9.17) is 21.7 Å². The fourth-order valence-electron chi connectivity index (χ4n) is 3.37. The maximum absolute atomic E-state index is 13.1. The molecular weight excluding hydrogens is 511 g/mol. The van der Waals surface area contributed by atoms with Crippen LogP contribution in [-0.4, -0.2) is 23.3 Å². The number of amides is 1. The van der Waals surface area contributed by atoms with Crippen LogP contribution in [0, 0.1) is 6.92 Å². The van der Waals surface area contributed by atoms with Gasteiger partial charge in [-0.1, -0.05) is 53.8 Å². The van der Waals surface area contributed by atoms with Gasteiger partial charge in [-0.15, -0.1) is 0 Å². The molecule has 3 aromatic carbocycles. The number of nitrogens with zero attached hydrogens (tertiary/aromatic N) is 1. The molecule has 0 bridgehead atoms. The number of hydrogen-bond donors (Lipinski definition) is 0. The second-order valence-electron chi connectivity index (χ2n) is 7.73. The van der Waals surface area contributed by atoms with E-state index in [-0.39, 0.29) is 26.4 Å². The van der Waals surface area contributed by atoms with Gasteiger partial charge in [-0.2, -0.15) is 13.2 Å². The summed E-state index contributed by atoms with van der Waals surface area (Å²) in [6.07, 6.45) is -3.01. The number of carbonyl (C=O) groups excluding carboxylic acids is 2. The number of methoxy groups -OCH3 is 1. The van der Waals surface area contributed by atoms with Crippen LogP contribution in [0.1, 0.15) is 27.0 Å². The first-order valence-corrected chi connectivity index (χ1v) is 11.7. The van der Waals surface area contributed by atoms with E-state index in [9.17, 15) is 22.8 Å². The average molecular weight is 530 g/mol. The lowest BCUT2D eigenvalue weighted by Gasteiger charge is -2.16. The molecule has 0 N–H and O–H groups in total. The Hall–Kier alpha value is -3.63. The summed E-state index contributed by atoms with van der Waals surface area (Å²) in [4.78, 5) is 26.8. The Kier molecular flexibility index (Phi) is 7.18. The molecule has 3 aromatic rings. The Morgan fingerprint density at radius 3 is 2.42 bits per heavy atom. The number of anilines is 1. The van der Waals surface area contributed by atoms with E-state index < -0.39 is 23.6 Å². The van der Waals surface area contributed by atoms with Crippen LogP contribution < -0.4 is 14.4 Å². The molecule has 0 spiro atoms. The summed E-state index contributed by atoms with van der Waals surface area (Å²) in [6, 6.07) is 16.1. The summed E-state index contributed by atoms with van der Waals surface area (Å²) in [5.74, 6) is -0.643. The van der Waals surface area contributed by atoms with Crippen LogP contribution in [0.15, 0.2) is 71.6 Å². The number of thioether (sulfide) groups is 1. The predicted octanol–water partition coefficient (Wildman–Crippen LogP) is 6.65. The minimum atomic E-state index is -4.55. The van der Waals surface area contributed by atoms with E-state index in [2.05, 4.69) is 0 Å². The molecule has 0 aliphatic carbocycles. The molecule has 1 fully saturated rings. The van der Waals surface area contributed by atoms with Crippen molar-refractivity contribution in [3.05, 3.63) is 93.9 Å². The van der Waals surface area contributed by atoms with Crippen molar-refractivity contribution in [2.24, 2.45) is 0 Å². The van der Waals surface area contributed by atoms with Crippen molar-refractivity contribution in [3.8, 4) is 11.5 Å². The molecule has 36 heavy (non-hydrogen) atoms. The Balaban J connectivity index is 1.56. The van der Waals surface area contributed by atoms with Gasteiger partial charge in [0.25, 0.3) is 5.91 Å². The van der Waals surface area contributed by atoms with Gasteiger partial charge in [0.2, 0.25) is 0 Å². The molecule has 0 unspecified atom stereocenters. The monoisotopic (exact) mass is 529 g/mol. The van der Waals surface area contributed by atoms with Crippen molar-refractivity contribution in [3.63, 3.8) is 0 Å². The van der Waals surface area contributed by atoms with Gasteiger partial charge in [-0.3, -0.25) is 9.69 Å². The van der Waals surface area contributed by atoms with Gasteiger partial charge in [-0.25, -0.2) is 4.79 Å². The summed E-state index contributed by atoms with van der Waals surface area (Å²) in [5, 5.41) is 0. The largest absolute Gasteiger partial charge is 0.493 e. The van der Waals surface area contributed by atoms with Crippen LogP contribution in [0.3, 0.4) is 0 Å². The van der Waals surface area contributed by atoms with Crippen LogP contribution in [0.5, 0.6) is 11.5 Å². The maximum Gasteiger partial charge on any atom is 0.416 e. The number of carbonyl (C=O) groups is 2. The third-order valence-corrected chi connectivity index (χ3v) is 6.50. The van der Waals surface area contributed by atoms with Gasteiger partial charge in [0, 0.05) is 0 Å². The van der Waals surface area contributed by atoms with E-state index in [1.54, 1.807) is 42.5 Å². The fraction of sp³-hybridized carbons (Fsp3) is 0.115. The Bertz CT molecular complexity index is 1380. The Morgan fingerprint density at radius 2 is 1.75 bits per heavy atom. The smallest absolute Gasteiger partial charge is 0.416 e. The van der Waals surface area contributed by atoms with Crippen LogP contribution >= 0.6 is 24.0 Å². The van der Waals surface area contributed by atoms with E-state index >= 15 is 0 Å². The second-order valence-corrected chi connectivity index (χ2v) is 9.41. The summed E-state index contributed by atoms with van der Waals surface area (Å²) in [7, 11) is 1.41. The van der Waals surface area contributed by atoms with Crippen molar-refractivity contribution in [1.29, 1.82) is 0 Å². The fourth-order valence-corrected chi connectivity index (χ4v) is 4.67. The van der Waals surface area contributed by atoms with Crippen LogP contribution in [-0.2, 0) is 11.0 Å². The SMILES string of the molecule is COc1cc(/C=C2/SC(=S)N(c3cccc(C(F)(F)F)c3)C2=O)ccc1OC(=O)c1ccc(C)cc1. The lowest BCUT2D eigenvalue weighted by Crippen LogP contribution is -2.27. The van der Waals surface area contributed by atoms with E-state index in [1.165, 1.54) is 25.3 Å². The van der Waals surface area contributed by atoms with E-state index in [0.29, 0.717) is 11.1 Å². The normalized spacial score (nSPS) is 14.9. The number of halogens is 3. The lowest BCUT2D eigenvalue weighted by molar-refractivity contribution is -0.137.